The van der Waals surface area contributed by atoms with E-state index in [1.807, 2.05) is 43.3 Å². The van der Waals surface area contributed by atoms with E-state index in [1.54, 1.807) is 0 Å². The van der Waals surface area contributed by atoms with Gasteiger partial charge in [0.25, 0.3) is 0 Å². The maximum Gasteiger partial charge on any atom is 0.136 e. The Hall–Kier alpha value is -1.85. The van der Waals surface area contributed by atoms with Crippen molar-refractivity contribution in [2.45, 2.75) is 13.5 Å². The van der Waals surface area contributed by atoms with Crippen molar-refractivity contribution in [2.75, 3.05) is 11.9 Å². The third-order valence-corrected chi connectivity index (χ3v) is 4.14. The number of anilines is 1. The van der Waals surface area contributed by atoms with Gasteiger partial charge in [-0.05, 0) is 19.1 Å². The molecule has 0 fully saturated rings. The summed E-state index contributed by atoms with van der Waals surface area (Å²) in [6, 6.07) is 11.7. The predicted molar refractivity (Wildman–Crippen MR) is 87.4 cm³/mol. The molecule has 0 spiro atoms. The molecule has 1 heterocycles. The van der Waals surface area contributed by atoms with E-state index in [0.29, 0.717) is 6.61 Å². The number of hydrogen-bond donors (Lipinski definition) is 1. The van der Waals surface area contributed by atoms with Gasteiger partial charge in [-0.15, -0.1) is 5.10 Å². The molecule has 0 saturated carbocycles. The molecule has 0 radical (unpaired) electrons. The number of benzene rings is 2. The monoisotopic (exact) mass is 319 g/mol. The second kappa shape index (κ2) is 6.28. The van der Waals surface area contributed by atoms with E-state index < -0.39 is 0 Å². The lowest BCUT2D eigenvalue weighted by atomic mass is 10.1. The van der Waals surface area contributed by atoms with Gasteiger partial charge in [0.2, 0.25) is 0 Å². The zero-order chi connectivity index (χ0) is 14.7. The smallest absolute Gasteiger partial charge is 0.136 e. The van der Waals surface area contributed by atoms with Crippen LogP contribution in [0, 0.1) is 0 Å². The molecule has 0 aliphatic heterocycles. The Morgan fingerprint density at radius 2 is 2.00 bits per heavy atom. The molecule has 1 aromatic heterocycles. The SMILES string of the molecule is CCNc1snnc1COc1ccc(Cl)c2ccccc12. The summed E-state index contributed by atoms with van der Waals surface area (Å²) in [5.74, 6) is 0.797. The summed E-state index contributed by atoms with van der Waals surface area (Å²) in [5.41, 5.74) is 0.820. The Morgan fingerprint density at radius 1 is 1.19 bits per heavy atom. The van der Waals surface area contributed by atoms with Gasteiger partial charge in [0.05, 0.1) is 0 Å². The van der Waals surface area contributed by atoms with Gasteiger partial charge in [-0.2, -0.15) is 0 Å². The molecule has 3 aromatic rings. The van der Waals surface area contributed by atoms with Crippen LogP contribution in [0.2, 0.25) is 5.02 Å². The summed E-state index contributed by atoms with van der Waals surface area (Å²) in [6.07, 6.45) is 0. The maximum absolute atomic E-state index is 6.21. The van der Waals surface area contributed by atoms with E-state index in [-0.39, 0.29) is 0 Å². The molecule has 21 heavy (non-hydrogen) atoms. The van der Waals surface area contributed by atoms with E-state index in [4.69, 9.17) is 16.3 Å². The van der Waals surface area contributed by atoms with Crippen molar-refractivity contribution >= 4 is 38.9 Å². The first kappa shape index (κ1) is 14.1. The van der Waals surface area contributed by atoms with Crippen LogP contribution >= 0.6 is 23.1 Å². The number of nitrogens with one attached hydrogen (secondary N) is 1. The molecule has 6 heteroatoms. The van der Waals surface area contributed by atoms with Crippen molar-refractivity contribution in [3.63, 3.8) is 0 Å². The van der Waals surface area contributed by atoms with E-state index in [9.17, 15) is 0 Å². The molecule has 0 atom stereocenters. The van der Waals surface area contributed by atoms with Crippen LogP contribution in [0.4, 0.5) is 5.00 Å². The molecule has 0 bridgehead atoms. The lowest BCUT2D eigenvalue weighted by Gasteiger charge is -2.10. The molecule has 0 aliphatic rings. The average Bonchev–Trinajstić information content (AvgIpc) is 2.95. The van der Waals surface area contributed by atoms with Gasteiger partial charge < -0.3 is 10.1 Å². The van der Waals surface area contributed by atoms with Gasteiger partial charge in [-0.3, -0.25) is 0 Å². The normalized spacial score (nSPS) is 10.8. The highest BCUT2D eigenvalue weighted by molar-refractivity contribution is 7.10. The van der Waals surface area contributed by atoms with Crippen LogP contribution in [0.15, 0.2) is 36.4 Å². The first-order chi connectivity index (χ1) is 10.3. The minimum atomic E-state index is 0.379. The minimum absolute atomic E-state index is 0.379. The first-order valence-corrected chi connectivity index (χ1v) is 7.80. The van der Waals surface area contributed by atoms with Gasteiger partial charge in [-0.1, -0.05) is 40.4 Å². The van der Waals surface area contributed by atoms with Crippen LogP contribution in [-0.2, 0) is 6.61 Å². The average molecular weight is 320 g/mol. The van der Waals surface area contributed by atoms with Crippen molar-refractivity contribution in [2.24, 2.45) is 0 Å². The largest absolute Gasteiger partial charge is 0.486 e. The van der Waals surface area contributed by atoms with Gasteiger partial charge in [0.1, 0.15) is 23.1 Å². The van der Waals surface area contributed by atoms with Crippen LogP contribution in [0.3, 0.4) is 0 Å². The second-order valence-electron chi connectivity index (χ2n) is 4.46. The van der Waals surface area contributed by atoms with Crippen LogP contribution in [0.25, 0.3) is 10.8 Å². The molecular weight excluding hydrogens is 306 g/mol. The van der Waals surface area contributed by atoms with Crippen molar-refractivity contribution < 1.29 is 4.74 Å². The fourth-order valence-corrected chi connectivity index (χ4v) is 2.97. The Labute approximate surface area is 131 Å². The lowest BCUT2D eigenvalue weighted by Crippen LogP contribution is -2.02. The highest BCUT2D eigenvalue weighted by Gasteiger charge is 2.10. The van der Waals surface area contributed by atoms with Crippen LogP contribution in [0.5, 0.6) is 5.75 Å². The van der Waals surface area contributed by atoms with Crippen molar-refractivity contribution in [3.8, 4) is 5.75 Å². The highest BCUT2D eigenvalue weighted by atomic mass is 35.5. The molecule has 0 unspecified atom stereocenters. The number of hydrogen-bond acceptors (Lipinski definition) is 5. The first-order valence-electron chi connectivity index (χ1n) is 6.64. The highest BCUT2D eigenvalue weighted by Crippen LogP contribution is 2.32. The Morgan fingerprint density at radius 3 is 2.81 bits per heavy atom. The van der Waals surface area contributed by atoms with Gasteiger partial charge in [0.15, 0.2) is 0 Å². The fraction of sp³-hybridized carbons (Fsp3) is 0.200. The quantitative estimate of drug-likeness (QED) is 0.759. The zero-order valence-corrected chi connectivity index (χ0v) is 13.0. The third-order valence-electron chi connectivity index (χ3n) is 3.09. The molecule has 1 N–H and O–H groups in total. The minimum Gasteiger partial charge on any atom is -0.486 e. The molecule has 0 aliphatic carbocycles. The summed E-state index contributed by atoms with van der Waals surface area (Å²) >= 11 is 7.55. The van der Waals surface area contributed by atoms with Crippen molar-refractivity contribution in [3.05, 3.63) is 47.1 Å². The topological polar surface area (TPSA) is 47.0 Å². The van der Waals surface area contributed by atoms with Crippen LogP contribution < -0.4 is 10.1 Å². The fourth-order valence-electron chi connectivity index (χ4n) is 2.10. The van der Waals surface area contributed by atoms with Gasteiger partial charge in [0, 0.05) is 33.9 Å². The standard InChI is InChI=1S/C15H14ClN3OS/c1-2-17-15-13(18-19-21-15)9-20-14-8-7-12(16)10-5-3-4-6-11(10)14/h3-8,17H,2,9H2,1H3. The molecular formula is C15H14ClN3OS. The third kappa shape index (κ3) is 2.94. The van der Waals surface area contributed by atoms with Crippen LogP contribution in [0.1, 0.15) is 12.6 Å². The van der Waals surface area contributed by atoms with Crippen molar-refractivity contribution in [1.82, 2.24) is 9.59 Å². The number of nitrogens with zero attached hydrogens (tertiary/aromatic N) is 2. The van der Waals surface area contributed by atoms with Crippen molar-refractivity contribution in [1.29, 1.82) is 0 Å². The summed E-state index contributed by atoms with van der Waals surface area (Å²) in [6.45, 7) is 3.25. The number of fused-ring (bicyclic) bond motifs is 1. The lowest BCUT2D eigenvalue weighted by molar-refractivity contribution is 0.305. The summed E-state index contributed by atoms with van der Waals surface area (Å²) in [5, 5.41) is 11.0. The predicted octanol–water partition coefficient (Wildman–Crippen LogP) is 4.36. The number of ether oxygens (including phenoxy) is 1. The van der Waals surface area contributed by atoms with E-state index in [2.05, 4.69) is 14.9 Å². The van der Waals surface area contributed by atoms with E-state index >= 15 is 0 Å². The number of rotatable bonds is 5. The molecule has 3 rings (SSSR count). The summed E-state index contributed by atoms with van der Waals surface area (Å²) < 4.78 is 9.87. The van der Waals surface area contributed by atoms with E-state index in [1.165, 1.54) is 11.5 Å². The number of halogens is 1. The molecule has 4 nitrogen and oxygen atoms in total. The number of aromatic nitrogens is 2. The molecule has 2 aromatic carbocycles. The molecule has 0 saturated heterocycles. The summed E-state index contributed by atoms with van der Waals surface area (Å²) in [7, 11) is 0. The zero-order valence-electron chi connectivity index (χ0n) is 11.5. The second-order valence-corrected chi connectivity index (χ2v) is 5.62. The summed E-state index contributed by atoms with van der Waals surface area (Å²) in [4.78, 5) is 0. The van der Waals surface area contributed by atoms with Gasteiger partial charge in [-0.25, -0.2) is 0 Å². The van der Waals surface area contributed by atoms with E-state index in [0.717, 1.165) is 38.8 Å². The molecule has 108 valence electrons. The maximum atomic E-state index is 6.21. The Balaban J connectivity index is 1.85. The van der Waals surface area contributed by atoms with Crippen LogP contribution in [-0.4, -0.2) is 16.1 Å². The van der Waals surface area contributed by atoms with Gasteiger partial charge >= 0.3 is 0 Å². The Bertz CT molecular complexity index is 760. The molecule has 0 amide bonds. The Kier molecular flexibility index (Phi) is 4.22.